The van der Waals surface area contributed by atoms with E-state index in [2.05, 4.69) is 9.97 Å². The van der Waals surface area contributed by atoms with Crippen LogP contribution in [0.5, 0.6) is 0 Å². The van der Waals surface area contributed by atoms with Gasteiger partial charge in [-0.2, -0.15) is 0 Å². The molecule has 0 unspecified atom stereocenters. The molecule has 5 nitrogen and oxygen atoms in total. The summed E-state index contributed by atoms with van der Waals surface area (Å²) in [5.74, 6) is 0.196. The second-order valence-corrected chi connectivity index (χ2v) is 5.63. The van der Waals surface area contributed by atoms with Crippen molar-refractivity contribution in [1.82, 2.24) is 9.97 Å². The van der Waals surface area contributed by atoms with Crippen LogP contribution in [0.15, 0.2) is 18.5 Å². The molecular formula is C8H13N3O2S. The van der Waals surface area contributed by atoms with Crippen LogP contribution in [-0.2, 0) is 10.0 Å². The highest BCUT2D eigenvalue weighted by Gasteiger charge is 2.23. The number of hydrogen-bond donors (Lipinski definition) is 0. The van der Waals surface area contributed by atoms with Crippen molar-refractivity contribution in [3.63, 3.8) is 0 Å². The minimum absolute atomic E-state index is 0.196. The van der Waals surface area contributed by atoms with Gasteiger partial charge in [-0.3, -0.25) is 0 Å². The van der Waals surface area contributed by atoms with Crippen molar-refractivity contribution in [3.05, 3.63) is 18.5 Å². The van der Waals surface area contributed by atoms with Gasteiger partial charge in [-0.25, -0.2) is 22.7 Å². The lowest BCUT2D eigenvalue weighted by Gasteiger charge is -2.19. The van der Waals surface area contributed by atoms with Gasteiger partial charge in [0.15, 0.2) is 0 Å². The molecule has 0 saturated heterocycles. The monoisotopic (exact) mass is 215 g/mol. The van der Waals surface area contributed by atoms with E-state index in [0.29, 0.717) is 0 Å². The zero-order valence-corrected chi connectivity index (χ0v) is 9.19. The van der Waals surface area contributed by atoms with Crippen molar-refractivity contribution >= 4 is 16.0 Å². The molecule has 0 spiro atoms. The molecule has 0 aromatic carbocycles. The third-order valence-corrected chi connectivity index (χ3v) is 3.93. The van der Waals surface area contributed by atoms with Crippen LogP contribution >= 0.6 is 0 Å². The molecule has 0 fully saturated rings. The fraction of sp³-hybridized carbons (Fsp3) is 0.500. The first kappa shape index (κ1) is 10.9. The lowest BCUT2D eigenvalue weighted by atomic mass is 10.6. The molecule has 1 aromatic heterocycles. The Morgan fingerprint density at radius 1 is 1.29 bits per heavy atom. The minimum Gasteiger partial charge on any atom is -0.241 e. The van der Waals surface area contributed by atoms with E-state index in [1.54, 1.807) is 19.9 Å². The molecule has 14 heavy (non-hydrogen) atoms. The van der Waals surface area contributed by atoms with Gasteiger partial charge in [0.2, 0.25) is 16.0 Å². The summed E-state index contributed by atoms with van der Waals surface area (Å²) in [5.41, 5.74) is 0. The Hall–Kier alpha value is -1.17. The summed E-state index contributed by atoms with van der Waals surface area (Å²) in [5, 5.41) is -0.476. The summed E-state index contributed by atoms with van der Waals surface area (Å²) >= 11 is 0. The van der Waals surface area contributed by atoms with E-state index in [-0.39, 0.29) is 5.95 Å². The molecule has 0 saturated carbocycles. The van der Waals surface area contributed by atoms with E-state index in [4.69, 9.17) is 0 Å². The van der Waals surface area contributed by atoms with Gasteiger partial charge >= 0.3 is 0 Å². The highest BCUT2D eigenvalue weighted by atomic mass is 32.2. The molecule has 0 atom stereocenters. The Labute approximate surface area is 83.9 Å². The Balaban J connectivity index is 3.03. The highest BCUT2D eigenvalue weighted by molar-refractivity contribution is 7.93. The Kier molecular flexibility index (Phi) is 3.05. The molecule has 1 rings (SSSR count). The summed E-state index contributed by atoms with van der Waals surface area (Å²) in [6.45, 7) is 3.24. The average molecular weight is 215 g/mol. The summed E-state index contributed by atoms with van der Waals surface area (Å²) in [7, 11) is -1.87. The quantitative estimate of drug-likeness (QED) is 0.742. The van der Waals surface area contributed by atoms with Crippen LogP contribution in [0.25, 0.3) is 0 Å². The van der Waals surface area contributed by atoms with Crippen molar-refractivity contribution < 1.29 is 8.42 Å². The number of rotatable bonds is 3. The van der Waals surface area contributed by atoms with E-state index in [1.165, 1.54) is 19.4 Å². The summed E-state index contributed by atoms with van der Waals surface area (Å²) in [6.07, 6.45) is 3.02. The first-order valence-corrected chi connectivity index (χ1v) is 5.71. The maximum atomic E-state index is 11.7. The molecule has 78 valence electrons. The Morgan fingerprint density at radius 3 is 2.21 bits per heavy atom. The first-order chi connectivity index (χ1) is 6.46. The molecule has 0 amide bonds. The molecule has 0 aliphatic heterocycles. The fourth-order valence-corrected chi connectivity index (χ4v) is 1.84. The molecule has 1 heterocycles. The largest absolute Gasteiger partial charge is 0.241 e. The minimum atomic E-state index is -3.32. The van der Waals surface area contributed by atoms with Crippen LogP contribution in [0.4, 0.5) is 5.95 Å². The number of anilines is 1. The topological polar surface area (TPSA) is 63.2 Å². The van der Waals surface area contributed by atoms with Gasteiger partial charge in [0.25, 0.3) is 0 Å². The number of aromatic nitrogens is 2. The molecule has 1 aromatic rings. The van der Waals surface area contributed by atoms with Gasteiger partial charge < -0.3 is 0 Å². The number of hydrogen-bond acceptors (Lipinski definition) is 4. The third-order valence-electron chi connectivity index (χ3n) is 1.81. The normalized spacial score (nSPS) is 11.7. The van der Waals surface area contributed by atoms with Crippen LogP contribution in [0, 0.1) is 0 Å². The maximum absolute atomic E-state index is 11.7. The van der Waals surface area contributed by atoms with Crippen molar-refractivity contribution in [3.8, 4) is 0 Å². The first-order valence-electron chi connectivity index (χ1n) is 4.21. The van der Waals surface area contributed by atoms with Gasteiger partial charge in [-0.15, -0.1) is 0 Å². The predicted octanol–water partition coefficient (Wildman–Crippen LogP) is 0.651. The van der Waals surface area contributed by atoms with Crippen molar-refractivity contribution in [2.75, 3.05) is 11.4 Å². The molecule has 0 aliphatic rings. The van der Waals surface area contributed by atoms with Crippen LogP contribution in [-0.4, -0.2) is 30.7 Å². The lowest BCUT2D eigenvalue weighted by Crippen LogP contribution is -2.34. The van der Waals surface area contributed by atoms with E-state index < -0.39 is 15.3 Å². The molecular weight excluding hydrogens is 202 g/mol. The molecule has 0 radical (unpaired) electrons. The SMILES string of the molecule is CC(C)S(=O)(=O)N(C)c1ncccn1. The number of sulfonamides is 1. The third kappa shape index (κ3) is 2.01. The molecule has 0 bridgehead atoms. The van der Waals surface area contributed by atoms with Gasteiger partial charge in [-0.1, -0.05) is 0 Å². The van der Waals surface area contributed by atoms with Crippen LogP contribution < -0.4 is 4.31 Å². The lowest BCUT2D eigenvalue weighted by molar-refractivity contribution is 0.584. The van der Waals surface area contributed by atoms with Gasteiger partial charge in [0.1, 0.15) is 0 Å². The number of nitrogens with zero attached hydrogens (tertiary/aromatic N) is 3. The highest BCUT2D eigenvalue weighted by Crippen LogP contribution is 2.12. The zero-order valence-electron chi connectivity index (χ0n) is 8.38. The summed E-state index contributed by atoms with van der Waals surface area (Å²) in [6, 6.07) is 1.64. The van der Waals surface area contributed by atoms with E-state index in [9.17, 15) is 8.42 Å². The van der Waals surface area contributed by atoms with Crippen molar-refractivity contribution in [1.29, 1.82) is 0 Å². The second kappa shape index (κ2) is 3.91. The van der Waals surface area contributed by atoms with Crippen molar-refractivity contribution in [2.24, 2.45) is 0 Å². The summed E-state index contributed by atoms with van der Waals surface area (Å²) < 4.78 is 24.4. The van der Waals surface area contributed by atoms with Gasteiger partial charge in [-0.05, 0) is 19.9 Å². The van der Waals surface area contributed by atoms with Gasteiger partial charge in [0, 0.05) is 19.4 Å². The fourth-order valence-electron chi connectivity index (χ4n) is 0.884. The molecule has 0 N–H and O–H groups in total. The molecule has 6 heteroatoms. The van der Waals surface area contributed by atoms with Crippen LogP contribution in [0.3, 0.4) is 0 Å². The van der Waals surface area contributed by atoms with E-state index >= 15 is 0 Å². The Morgan fingerprint density at radius 2 is 1.79 bits per heavy atom. The summed E-state index contributed by atoms with van der Waals surface area (Å²) in [4.78, 5) is 7.73. The van der Waals surface area contributed by atoms with Crippen molar-refractivity contribution in [2.45, 2.75) is 19.1 Å². The van der Waals surface area contributed by atoms with Gasteiger partial charge in [0.05, 0.1) is 5.25 Å². The second-order valence-electron chi connectivity index (χ2n) is 3.11. The molecule has 0 aliphatic carbocycles. The smallest absolute Gasteiger partial charge is 0.239 e. The van der Waals surface area contributed by atoms with Crippen LogP contribution in [0.1, 0.15) is 13.8 Å². The maximum Gasteiger partial charge on any atom is 0.239 e. The zero-order chi connectivity index (χ0) is 10.8. The standard InChI is InChI=1S/C8H13N3O2S/c1-7(2)14(12,13)11(3)8-9-5-4-6-10-8/h4-7H,1-3H3. The Bertz CT molecular complexity index is 388. The average Bonchev–Trinajstić information content (AvgIpc) is 2.17. The van der Waals surface area contributed by atoms with Crippen LogP contribution in [0.2, 0.25) is 0 Å². The van der Waals surface area contributed by atoms with E-state index in [1.807, 2.05) is 0 Å². The van der Waals surface area contributed by atoms with E-state index in [0.717, 1.165) is 4.31 Å². The predicted molar refractivity (Wildman–Crippen MR) is 54.5 cm³/mol.